The third-order valence-electron chi connectivity index (χ3n) is 3.06. The Labute approximate surface area is 130 Å². The zero-order valence-electron chi connectivity index (χ0n) is 12.0. The van der Waals surface area contributed by atoms with Crippen molar-refractivity contribution in [2.45, 2.75) is 17.3 Å². The summed E-state index contributed by atoms with van der Waals surface area (Å²) in [5, 5.41) is 0. The second-order valence-electron chi connectivity index (χ2n) is 4.77. The molecule has 2 aromatic rings. The molecule has 2 aromatic carbocycles. The molecule has 0 fully saturated rings. The van der Waals surface area contributed by atoms with E-state index in [0.717, 1.165) is 11.3 Å². The molecule has 0 aromatic heterocycles. The standard InChI is InChI=1S/C16H14F3NOS/c1-11-3-7-13(8-4-11)20(2)15(21)12-5-9-14(10-6-12)22-16(17,18)19/h3-10H,1-2H3. The number of hydrogen-bond acceptors (Lipinski definition) is 2. The fraction of sp³-hybridized carbons (Fsp3) is 0.188. The van der Waals surface area contributed by atoms with E-state index in [2.05, 4.69) is 0 Å². The van der Waals surface area contributed by atoms with Gasteiger partial charge in [0.1, 0.15) is 0 Å². The van der Waals surface area contributed by atoms with Gasteiger partial charge in [-0.2, -0.15) is 13.2 Å². The van der Waals surface area contributed by atoms with E-state index in [-0.39, 0.29) is 22.6 Å². The van der Waals surface area contributed by atoms with Crippen molar-refractivity contribution in [3.05, 3.63) is 59.7 Å². The van der Waals surface area contributed by atoms with Crippen molar-refractivity contribution in [1.82, 2.24) is 0 Å². The number of halogens is 3. The van der Waals surface area contributed by atoms with Crippen molar-refractivity contribution in [2.75, 3.05) is 11.9 Å². The average molecular weight is 325 g/mol. The number of rotatable bonds is 3. The maximum absolute atomic E-state index is 12.3. The van der Waals surface area contributed by atoms with Gasteiger partial charge in [0.05, 0.1) is 0 Å². The Morgan fingerprint density at radius 2 is 1.55 bits per heavy atom. The average Bonchev–Trinajstić information content (AvgIpc) is 2.46. The highest BCUT2D eigenvalue weighted by molar-refractivity contribution is 8.00. The molecule has 0 saturated heterocycles. The predicted octanol–water partition coefficient (Wildman–Crippen LogP) is 4.88. The second-order valence-corrected chi connectivity index (χ2v) is 5.91. The lowest BCUT2D eigenvalue weighted by atomic mass is 10.1. The maximum atomic E-state index is 12.3. The lowest BCUT2D eigenvalue weighted by Gasteiger charge is -2.17. The molecule has 0 atom stereocenters. The molecular formula is C16H14F3NOS. The van der Waals surface area contributed by atoms with Crippen molar-refractivity contribution >= 4 is 23.4 Å². The minimum atomic E-state index is -4.33. The summed E-state index contributed by atoms with van der Waals surface area (Å²) in [6.45, 7) is 1.95. The number of hydrogen-bond donors (Lipinski definition) is 0. The van der Waals surface area contributed by atoms with Gasteiger partial charge in [0.15, 0.2) is 0 Å². The van der Waals surface area contributed by atoms with Gasteiger partial charge >= 0.3 is 5.51 Å². The van der Waals surface area contributed by atoms with Crippen LogP contribution in [0.2, 0.25) is 0 Å². The topological polar surface area (TPSA) is 20.3 Å². The first kappa shape index (κ1) is 16.4. The third-order valence-corrected chi connectivity index (χ3v) is 3.80. The number of benzene rings is 2. The van der Waals surface area contributed by atoms with Gasteiger partial charge in [-0.05, 0) is 55.1 Å². The Kier molecular flexibility index (Phi) is 4.81. The molecule has 0 bridgehead atoms. The Hall–Kier alpha value is -1.95. The van der Waals surface area contributed by atoms with Crippen LogP contribution in [0.5, 0.6) is 0 Å². The highest BCUT2D eigenvalue weighted by Crippen LogP contribution is 2.36. The first-order chi connectivity index (χ1) is 10.3. The molecule has 0 spiro atoms. The van der Waals surface area contributed by atoms with Crippen LogP contribution in [0.1, 0.15) is 15.9 Å². The summed E-state index contributed by atoms with van der Waals surface area (Å²) in [4.78, 5) is 13.8. The van der Waals surface area contributed by atoms with Gasteiger partial charge in [0.2, 0.25) is 0 Å². The lowest BCUT2D eigenvalue weighted by molar-refractivity contribution is -0.0328. The number of anilines is 1. The van der Waals surface area contributed by atoms with E-state index in [1.54, 1.807) is 7.05 Å². The summed E-state index contributed by atoms with van der Waals surface area (Å²) in [7, 11) is 1.63. The molecule has 0 saturated carbocycles. The molecule has 2 rings (SSSR count). The molecule has 0 N–H and O–H groups in total. The Morgan fingerprint density at radius 1 is 1.00 bits per heavy atom. The highest BCUT2D eigenvalue weighted by atomic mass is 32.2. The van der Waals surface area contributed by atoms with Crippen molar-refractivity contribution in [3.8, 4) is 0 Å². The number of carbonyl (C=O) groups excluding carboxylic acids is 1. The van der Waals surface area contributed by atoms with Crippen molar-refractivity contribution in [2.24, 2.45) is 0 Å². The van der Waals surface area contributed by atoms with Gasteiger partial charge in [-0.3, -0.25) is 4.79 Å². The highest BCUT2D eigenvalue weighted by Gasteiger charge is 2.29. The van der Waals surface area contributed by atoms with Gasteiger partial charge in [0, 0.05) is 23.2 Å². The van der Waals surface area contributed by atoms with Crippen LogP contribution < -0.4 is 4.90 Å². The molecule has 0 heterocycles. The Balaban J connectivity index is 2.14. The summed E-state index contributed by atoms with van der Waals surface area (Å²) in [6, 6.07) is 12.8. The molecule has 116 valence electrons. The smallest absolute Gasteiger partial charge is 0.311 e. The third kappa shape index (κ3) is 4.27. The fourth-order valence-corrected chi connectivity index (χ4v) is 2.42. The van der Waals surface area contributed by atoms with E-state index in [1.165, 1.54) is 29.2 Å². The molecule has 6 heteroatoms. The molecule has 0 unspecified atom stereocenters. The van der Waals surface area contributed by atoms with Crippen LogP contribution in [0.15, 0.2) is 53.4 Å². The van der Waals surface area contributed by atoms with E-state index >= 15 is 0 Å². The van der Waals surface area contributed by atoms with E-state index in [9.17, 15) is 18.0 Å². The Bertz CT molecular complexity index is 651. The van der Waals surface area contributed by atoms with Crippen LogP contribution in [-0.4, -0.2) is 18.5 Å². The van der Waals surface area contributed by atoms with Crippen LogP contribution >= 0.6 is 11.8 Å². The van der Waals surface area contributed by atoms with Crippen molar-refractivity contribution in [1.29, 1.82) is 0 Å². The molecule has 0 aliphatic rings. The minimum absolute atomic E-state index is 0.0574. The van der Waals surface area contributed by atoms with Crippen LogP contribution in [0.3, 0.4) is 0 Å². The van der Waals surface area contributed by atoms with E-state index in [4.69, 9.17) is 0 Å². The number of carbonyl (C=O) groups is 1. The molecule has 2 nitrogen and oxygen atoms in total. The first-order valence-electron chi connectivity index (χ1n) is 6.47. The fourth-order valence-electron chi connectivity index (χ4n) is 1.88. The summed E-state index contributed by atoms with van der Waals surface area (Å²) in [6.07, 6.45) is 0. The monoisotopic (exact) mass is 325 g/mol. The summed E-state index contributed by atoms with van der Waals surface area (Å²) in [5.74, 6) is -0.271. The summed E-state index contributed by atoms with van der Waals surface area (Å²) >= 11 is -0.197. The van der Waals surface area contributed by atoms with Crippen LogP contribution in [0.25, 0.3) is 0 Å². The number of thioether (sulfide) groups is 1. The molecule has 22 heavy (non-hydrogen) atoms. The van der Waals surface area contributed by atoms with Gasteiger partial charge in [0.25, 0.3) is 5.91 Å². The molecular weight excluding hydrogens is 311 g/mol. The van der Waals surface area contributed by atoms with Gasteiger partial charge in [-0.1, -0.05) is 17.7 Å². The van der Waals surface area contributed by atoms with E-state index < -0.39 is 5.51 Å². The maximum Gasteiger partial charge on any atom is 0.446 e. The quantitative estimate of drug-likeness (QED) is 0.749. The first-order valence-corrected chi connectivity index (χ1v) is 7.28. The summed E-state index contributed by atoms with van der Waals surface area (Å²) < 4.78 is 36.8. The number of aryl methyl sites for hydroxylation is 1. The van der Waals surface area contributed by atoms with Crippen LogP contribution in [0, 0.1) is 6.92 Å². The van der Waals surface area contributed by atoms with Gasteiger partial charge in [-0.25, -0.2) is 0 Å². The molecule has 0 radical (unpaired) electrons. The lowest BCUT2D eigenvalue weighted by Crippen LogP contribution is -2.26. The van der Waals surface area contributed by atoms with Crippen LogP contribution in [-0.2, 0) is 0 Å². The molecule has 1 amide bonds. The minimum Gasteiger partial charge on any atom is -0.311 e. The zero-order valence-corrected chi connectivity index (χ0v) is 12.8. The predicted molar refractivity (Wildman–Crippen MR) is 82.3 cm³/mol. The number of amides is 1. The van der Waals surface area contributed by atoms with Crippen molar-refractivity contribution in [3.63, 3.8) is 0 Å². The van der Waals surface area contributed by atoms with Crippen LogP contribution in [0.4, 0.5) is 18.9 Å². The Morgan fingerprint density at radius 3 is 2.05 bits per heavy atom. The normalized spacial score (nSPS) is 11.3. The number of alkyl halides is 3. The zero-order chi connectivity index (χ0) is 16.3. The van der Waals surface area contributed by atoms with E-state index in [1.807, 2.05) is 31.2 Å². The second kappa shape index (κ2) is 6.44. The van der Waals surface area contributed by atoms with Gasteiger partial charge < -0.3 is 4.90 Å². The molecule has 0 aliphatic heterocycles. The van der Waals surface area contributed by atoms with Gasteiger partial charge in [-0.15, -0.1) is 0 Å². The van der Waals surface area contributed by atoms with Crippen molar-refractivity contribution < 1.29 is 18.0 Å². The summed E-state index contributed by atoms with van der Waals surface area (Å²) in [5.41, 5.74) is -2.18. The SMILES string of the molecule is Cc1ccc(N(C)C(=O)c2ccc(SC(F)(F)F)cc2)cc1. The largest absolute Gasteiger partial charge is 0.446 e. The van der Waals surface area contributed by atoms with E-state index in [0.29, 0.717) is 5.56 Å². The molecule has 0 aliphatic carbocycles. The number of nitrogens with zero attached hydrogens (tertiary/aromatic N) is 1.